The molecular weight excluding hydrogens is 292 g/mol. The molecule has 0 radical (unpaired) electrons. The number of thioether (sulfide) groups is 1. The van der Waals surface area contributed by atoms with Gasteiger partial charge in [-0.3, -0.25) is 4.79 Å². The van der Waals surface area contributed by atoms with Crippen LogP contribution in [0.2, 0.25) is 0 Å². The molecule has 3 aliphatic rings. The third-order valence-electron chi connectivity index (χ3n) is 5.23. The summed E-state index contributed by atoms with van der Waals surface area (Å²) in [6.07, 6.45) is 6.75. The van der Waals surface area contributed by atoms with E-state index in [2.05, 4.69) is 28.9 Å². The van der Waals surface area contributed by atoms with Crippen LogP contribution >= 0.6 is 24.2 Å². The van der Waals surface area contributed by atoms with Crippen LogP contribution in [0, 0.1) is 11.8 Å². The van der Waals surface area contributed by atoms with Gasteiger partial charge in [-0.25, -0.2) is 0 Å². The van der Waals surface area contributed by atoms with Crippen molar-refractivity contribution in [1.82, 2.24) is 10.2 Å². The largest absolute Gasteiger partial charge is 0.340 e. The van der Waals surface area contributed by atoms with Gasteiger partial charge in [0, 0.05) is 29.5 Å². The highest BCUT2D eigenvalue weighted by Crippen LogP contribution is 2.43. The molecule has 0 bridgehead atoms. The average molecular weight is 319 g/mol. The number of hydrogen-bond acceptors (Lipinski definition) is 3. The molecule has 116 valence electrons. The van der Waals surface area contributed by atoms with E-state index in [1.807, 2.05) is 0 Å². The van der Waals surface area contributed by atoms with E-state index in [4.69, 9.17) is 0 Å². The van der Waals surface area contributed by atoms with Crippen molar-refractivity contribution in [3.05, 3.63) is 0 Å². The molecule has 2 aliphatic heterocycles. The number of hydrogen-bond donors (Lipinski definition) is 1. The van der Waals surface area contributed by atoms with Crippen molar-refractivity contribution >= 4 is 30.1 Å². The molecule has 1 unspecified atom stereocenters. The number of nitrogens with one attached hydrogen (secondary N) is 1. The maximum atomic E-state index is 12.6. The van der Waals surface area contributed by atoms with Crippen LogP contribution in [0.5, 0.6) is 0 Å². The van der Waals surface area contributed by atoms with Crippen molar-refractivity contribution in [1.29, 1.82) is 0 Å². The average Bonchev–Trinajstić information content (AvgIpc) is 2.37. The molecular formula is C15H27ClN2OS. The van der Waals surface area contributed by atoms with Gasteiger partial charge in [0.15, 0.2) is 0 Å². The first-order chi connectivity index (χ1) is 9.20. The molecule has 0 aromatic heterocycles. The molecule has 1 atom stereocenters. The molecule has 3 rings (SSSR count). The molecule has 3 fully saturated rings. The molecule has 2 saturated heterocycles. The Morgan fingerprint density at radius 1 is 1.30 bits per heavy atom. The highest BCUT2D eigenvalue weighted by atomic mass is 35.5. The van der Waals surface area contributed by atoms with E-state index < -0.39 is 0 Å². The summed E-state index contributed by atoms with van der Waals surface area (Å²) in [5, 5.41) is 3.28. The number of carbonyl (C=O) groups is 1. The van der Waals surface area contributed by atoms with Crippen molar-refractivity contribution in [3.8, 4) is 0 Å². The topological polar surface area (TPSA) is 32.3 Å². The van der Waals surface area contributed by atoms with Crippen molar-refractivity contribution in [2.45, 2.75) is 43.8 Å². The summed E-state index contributed by atoms with van der Waals surface area (Å²) in [5.41, 5.74) is 0. The zero-order chi connectivity index (χ0) is 13.3. The predicted molar refractivity (Wildman–Crippen MR) is 87.6 cm³/mol. The molecule has 1 aliphatic carbocycles. The standard InChI is InChI=1S/C15H26N2OS.ClH/c1-12(13-9-16-10-13)14(18)17-7-8-19-15(11-17)5-3-2-4-6-15;/h12-13,16H,2-11H2,1H3;1H. The predicted octanol–water partition coefficient (Wildman–Crippen LogP) is 2.54. The van der Waals surface area contributed by atoms with Crippen LogP contribution in [0.3, 0.4) is 0 Å². The van der Waals surface area contributed by atoms with Crippen LogP contribution in [0.25, 0.3) is 0 Å². The Bertz CT molecular complexity index is 337. The quantitative estimate of drug-likeness (QED) is 0.849. The van der Waals surface area contributed by atoms with Crippen LogP contribution in [0.4, 0.5) is 0 Å². The Labute approximate surface area is 133 Å². The van der Waals surface area contributed by atoms with E-state index in [0.717, 1.165) is 31.9 Å². The maximum Gasteiger partial charge on any atom is 0.225 e. The summed E-state index contributed by atoms with van der Waals surface area (Å²) in [6, 6.07) is 0. The summed E-state index contributed by atoms with van der Waals surface area (Å²) in [4.78, 5) is 14.8. The third-order valence-corrected chi connectivity index (χ3v) is 6.77. The fourth-order valence-electron chi connectivity index (χ4n) is 3.69. The molecule has 1 spiro atoms. The molecule has 5 heteroatoms. The van der Waals surface area contributed by atoms with Gasteiger partial charge in [0.05, 0.1) is 0 Å². The van der Waals surface area contributed by atoms with Gasteiger partial charge in [0.25, 0.3) is 0 Å². The Morgan fingerprint density at radius 2 is 2.00 bits per heavy atom. The molecule has 2 heterocycles. The van der Waals surface area contributed by atoms with Crippen molar-refractivity contribution < 1.29 is 4.79 Å². The van der Waals surface area contributed by atoms with E-state index >= 15 is 0 Å². The summed E-state index contributed by atoms with van der Waals surface area (Å²) in [7, 11) is 0. The zero-order valence-corrected chi connectivity index (χ0v) is 14.0. The van der Waals surface area contributed by atoms with Crippen LogP contribution in [0.1, 0.15) is 39.0 Å². The van der Waals surface area contributed by atoms with Gasteiger partial charge in [-0.2, -0.15) is 11.8 Å². The number of halogens is 1. The SMILES string of the molecule is CC(C(=O)N1CCSC2(CCCCC2)C1)C1CNC1.Cl. The minimum Gasteiger partial charge on any atom is -0.340 e. The number of rotatable bonds is 2. The normalized spacial score (nSPS) is 27.6. The summed E-state index contributed by atoms with van der Waals surface area (Å²) < 4.78 is 0.406. The Hall–Kier alpha value is 0.0700. The van der Waals surface area contributed by atoms with Crippen LogP contribution < -0.4 is 5.32 Å². The molecule has 1 N–H and O–H groups in total. The van der Waals surface area contributed by atoms with Crippen LogP contribution in [-0.2, 0) is 4.79 Å². The van der Waals surface area contributed by atoms with Crippen LogP contribution in [0.15, 0.2) is 0 Å². The fraction of sp³-hybridized carbons (Fsp3) is 0.933. The second-order valence-corrected chi connectivity index (χ2v) is 8.12. The number of carbonyl (C=O) groups excluding carboxylic acids is 1. The Morgan fingerprint density at radius 3 is 2.60 bits per heavy atom. The van der Waals surface area contributed by atoms with Crippen molar-refractivity contribution in [2.24, 2.45) is 11.8 Å². The lowest BCUT2D eigenvalue weighted by Crippen LogP contribution is -2.55. The minimum atomic E-state index is 0. The van der Waals surface area contributed by atoms with Gasteiger partial charge >= 0.3 is 0 Å². The van der Waals surface area contributed by atoms with Gasteiger partial charge in [0.2, 0.25) is 5.91 Å². The highest BCUT2D eigenvalue weighted by molar-refractivity contribution is 8.00. The van der Waals surface area contributed by atoms with E-state index in [-0.39, 0.29) is 18.3 Å². The molecule has 3 nitrogen and oxygen atoms in total. The molecule has 0 aromatic rings. The number of nitrogens with zero attached hydrogens (tertiary/aromatic N) is 1. The second kappa shape index (κ2) is 6.89. The summed E-state index contributed by atoms with van der Waals surface area (Å²) in [5.74, 6) is 2.34. The lowest BCUT2D eigenvalue weighted by molar-refractivity contribution is -0.137. The van der Waals surface area contributed by atoms with E-state index in [0.29, 0.717) is 16.6 Å². The zero-order valence-electron chi connectivity index (χ0n) is 12.4. The monoisotopic (exact) mass is 318 g/mol. The fourth-order valence-corrected chi connectivity index (χ4v) is 5.25. The van der Waals surface area contributed by atoms with E-state index in [9.17, 15) is 4.79 Å². The van der Waals surface area contributed by atoms with Crippen molar-refractivity contribution in [2.75, 3.05) is 31.9 Å². The van der Waals surface area contributed by atoms with Gasteiger partial charge in [-0.15, -0.1) is 12.4 Å². The lowest BCUT2D eigenvalue weighted by atomic mass is 9.85. The Kier molecular flexibility index (Phi) is 5.66. The number of amides is 1. The minimum absolute atomic E-state index is 0. The molecule has 20 heavy (non-hydrogen) atoms. The Balaban J connectivity index is 0.00000147. The second-order valence-electron chi connectivity index (χ2n) is 6.56. The van der Waals surface area contributed by atoms with Gasteiger partial charge in [-0.1, -0.05) is 26.2 Å². The highest BCUT2D eigenvalue weighted by Gasteiger charge is 2.40. The van der Waals surface area contributed by atoms with Crippen LogP contribution in [-0.4, -0.2) is 47.5 Å². The van der Waals surface area contributed by atoms with Gasteiger partial charge < -0.3 is 10.2 Å². The molecule has 1 saturated carbocycles. The maximum absolute atomic E-state index is 12.6. The van der Waals surface area contributed by atoms with E-state index in [1.54, 1.807) is 0 Å². The van der Waals surface area contributed by atoms with Gasteiger partial charge in [0.1, 0.15) is 0 Å². The smallest absolute Gasteiger partial charge is 0.225 e. The lowest BCUT2D eigenvalue weighted by Gasteiger charge is -2.46. The third kappa shape index (κ3) is 3.28. The molecule has 0 aromatic carbocycles. The first-order valence-electron chi connectivity index (χ1n) is 7.84. The van der Waals surface area contributed by atoms with Gasteiger partial charge in [-0.05, 0) is 31.8 Å². The van der Waals surface area contributed by atoms with Crippen molar-refractivity contribution in [3.63, 3.8) is 0 Å². The van der Waals surface area contributed by atoms with E-state index in [1.165, 1.54) is 32.1 Å². The molecule has 1 amide bonds. The summed E-state index contributed by atoms with van der Waals surface area (Å²) >= 11 is 2.14. The first-order valence-corrected chi connectivity index (χ1v) is 8.82. The first kappa shape index (κ1) is 16.4. The summed E-state index contributed by atoms with van der Waals surface area (Å²) in [6.45, 7) is 6.17.